The number of hydrogen-bond donors (Lipinski definition) is 2. The molecule has 0 spiro atoms. The van der Waals surface area contributed by atoms with Crippen LogP contribution in [0.2, 0.25) is 0 Å². The van der Waals surface area contributed by atoms with Gasteiger partial charge in [0.25, 0.3) is 0 Å². The third-order valence-corrected chi connectivity index (χ3v) is 1.37. The minimum absolute atomic E-state index is 0.0547. The predicted molar refractivity (Wildman–Crippen MR) is 37.2 cm³/mol. The molecule has 0 radical (unpaired) electrons. The average Bonchev–Trinajstić information content (AvgIpc) is 2.31. The van der Waals surface area contributed by atoms with Crippen LogP contribution in [-0.4, -0.2) is 16.1 Å². The van der Waals surface area contributed by atoms with Crippen molar-refractivity contribution in [1.29, 1.82) is 5.26 Å². The quantitative estimate of drug-likeness (QED) is 0.624. The molecule has 1 heterocycles. The number of aromatic carboxylic acids is 1. The van der Waals surface area contributed by atoms with E-state index in [1.165, 1.54) is 6.07 Å². The molecule has 0 aromatic carbocycles. The highest BCUT2D eigenvalue weighted by molar-refractivity contribution is 5.86. The van der Waals surface area contributed by atoms with E-state index in [0.29, 0.717) is 11.3 Å². The van der Waals surface area contributed by atoms with Gasteiger partial charge in [0.15, 0.2) is 0 Å². The van der Waals surface area contributed by atoms with Crippen LogP contribution in [0.3, 0.4) is 0 Å². The van der Waals surface area contributed by atoms with Gasteiger partial charge >= 0.3 is 5.97 Å². The summed E-state index contributed by atoms with van der Waals surface area (Å²) in [6.07, 6.45) is 0. The van der Waals surface area contributed by atoms with Gasteiger partial charge in [0.05, 0.1) is 5.56 Å². The highest BCUT2D eigenvalue weighted by Crippen LogP contribution is 2.07. The zero-order valence-corrected chi connectivity index (χ0v) is 5.88. The van der Waals surface area contributed by atoms with Crippen molar-refractivity contribution in [3.05, 3.63) is 23.0 Å². The van der Waals surface area contributed by atoms with Crippen molar-refractivity contribution in [2.45, 2.75) is 6.92 Å². The smallest absolute Gasteiger partial charge is 0.352 e. The van der Waals surface area contributed by atoms with Crippen LogP contribution in [0.25, 0.3) is 0 Å². The maximum atomic E-state index is 10.3. The summed E-state index contributed by atoms with van der Waals surface area (Å²) in [4.78, 5) is 12.9. The highest BCUT2D eigenvalue weighted by Gasteiger charge is 2.08. The summed E-state index contributed by atoms with van der Waals surface area (Å²) in [7, 11) is 0. The molecule has 0 bridgehead atoms. The summed E-state index contributed by atoms with van der Waals surface area (Å²) in [6, 6.07) is 3.19. The Morgan fingerprint density at radius 2 is 2.45 bits per heavy atom. The minimum Gasteiger partial charge on any atom is -0.477 e. The van der Waals surface area contributed by atoms with Gasteiger partial charge in [-0.3, -0.25) is 0 Å². The lowest BCUT2D eigenvalue weighted by Crippen LogP contribution is -1.95. The van der Waals surface area contributed by atoms with Gasteiger partial charge in [-0.15, -0.1) is 0 Å². The molecule has 11 heavy (non-hydrogen) atoms. The van der Waals surface area contributed by atoms with Gasteiger partial charge in [0, 0.05) is 5.69 Å². The molecule has 0 aliphatic heterocycles. The van der Waals surface area contributed by atoms with E-state index in [1.807, 2.05) is 6.07 Å². The Bertz CT molecular complexity index is 333. The number of H-pyrrole nitrogens is 1. The first-order valence-corrected chi connectivity index (χ1v) is 2.98. The molecule has 0 aliphatic rings. The number of carbonyl (C=O) groups is 1. The number of aryl methyl sites for hydroxylation is 1. The molecule has 56 valence electrons. The molecule has 0 atom stereocenters. The maximum absolute atomic E-state index is 10.3. The van der Waals surface area contributed by atoms with Crippen LogP contribution < -0.4 is 0 Å². The first kappa shape index (κ1) is 7.35. The van der Waals surface area contributed by atoms with Crippen molar-refractivity contribution in [1.82, 2.24) is 4.98 Å². The van der Waals surface area contributed by atoms with Crippen LogP contribution in [0.1, 0.15) is 21.7 Å². The summed E-state index contributed by atoms with van der Waals surface area (Å²) in [5.41, 5.74) is 1.02. The normalized spacial score (nSPS) is 9.09. The molecule has 1 aromatic rings. The van der Waals surface area contributed by atoms with Crippen molar-refractivity contribution < 1.29 is 9.90 Å². The van der Waals surface area contributed by atoms with E-state index in [-0.39, 0.29) is 5.69 Å². The van der Waals surface area contributed by atoms with Crippen LogP contribution in [0.5, 0.6) is 0 Å². The average molecular weight is 150 g/mol. The second-order valence-electron chi connectivity index (χ2n) is 2.14. The first-order valence-electron chi connectivity index (χ1n) is 2.98. The van der Waals surface area contributed by atoms with Crippen molar-refractivity contribution in [3.63, 3.8) is 0 Å². The van der Waals surface area contributed by atoms with E-state index in [2.05, 4.69) is 4.98 Å². The van der Waals surface area contributed by atoms with Crippen molar-refractivity contribution in [2.24, 2.45) is 0 Å². The molecule has 4 heteroatoms. The summed E-state index contributed by atoms with van der Waals surface area (Å²) in [5.74, 6) is -1.05. The predicted octanol–water partition coefficient (Wildman–Crippen LogP) is 0.893. The lowest BCUT2D eigenvalue weighted by atomic mass is 10.3. The van der Waals surface area contributed by atoms with E-state index in [4.69, 9.17) is 10.4 Å². The van der Waals surface area contributed by atoms with Gasteiger partial charge < -0.3 is 10.1 Å². The lowest BCUT2D eigenvalue weighted by Gasteiger charge is -1.83. The van der Waals surface area contributed by atoms with Crippen LogP contribution >= 0.6 is 0 Å². The molecule has 2 N–H and O–H groups in total. The van der Waals surface area contributed by atoms with E-state index in [9.17, 15) is 4.79 Å². The number of hydrogen-bond acceptors (Lipinski definition) is 2. The Morgan fingerprint density at radius 1 is 1.82 bits per heavy atom. The molecule has 1 rings (SSSR count). The molecule has 0 saturated carbocycles. The van der Waals surface area contributed by atoms with Crippen LogP contribution in [0.4, 0.5) is 0 Å². The third-order valence-electron chi connectivity index (χ3n) is 1.37. The fourth-order valence-electron chi connectivity index (χ4n) is 0.789. The zero-order chi connectivity index (χ0) is 8.43. The Labute approximate surface area is 63.1 Å². The molecule has 0 amide bonds. The summed E-state index contributed by atoms with van der Waals surface area (Å²) in [5, 5.41) is 16.9. The number of carboxylic acids is 1. The van der Waals surface area contributed by atoms with E-state index >= 15 is 0 Å². The molecular weight excluding hydrogens is 144 g/mol. The number of aromatic amines is 1. The fourth-order valence-corrected chi connectivity index (χ4v) is 0.789. The number of nitrogens with zero attached hydrogens (tertiary/aromatic N) is 1. The largest absolute Gasteiger partial charge is 0.477 e. The first-order chi connectivity index (χ1) is 5.15. The van der Waals surface area contributed by atoms with Gasteiger partial charge in [0.1, 0.15) is 11.8 Å². The third kappa shape index (κ3) is 1.22. The van der Waals surface area contributed by atoms with Crippen molar-refractivity contribution in [2.75, 3.05) is 0 Å². The molecule has 0 aliphatic carbocycles. The number of aromatic nitrogens is 1. The molecule has 0 saturated heterocycles. The highest BCUT2D eigenvalue weighted by atomic mass is 16.4. The minimum atomic E-state index is -1.05. The zero-order valence-electron chi connectivity index (χ0n) is 5.88. The Kier molecular flexibility index (Phi) is 1.65. The van der Waals surface area contributed by atoms with Crippen molar-refractivity contribution >= 4 is 5.97 Å². The monoisotopic (exact) mass is 150 g/mol. The fraction of sp³-hybridized carbons (Fsp3) is 0.143. The molecule has 4 nitrogen and oxygen atoms in total. The molecule has 0 unspecified atom stereocenters. The number of nitriles is 1. The summed E-state index contributed by atoms with van der Waals surface area (Å²) in [6.45, 7) is 1.66. The second-order valence-corrected chi connectivity index (χ2v) is 2.14. The maximum Gasteiger partial charge on any atom is 0.352 e. The van der Waals surface area contributed by atoms with Gasteiger partial charge in [-0.2, -0.15) is 5.26 Å². The van der Waals surface area contributed by atoms with Crippen LogP contribution in [0, 0.1) is 18.3 Å². The van der Waals surface area contributed by atoms with Gasteiger partial charge in [-0.25, -0.2) is 4.79 Å². The van der Waals surface area contributed by atoms with Crippen LogP contribution in [0.15, 0.2) is 6.07 Å². The van der Waals surface area contributed by atoms with Gasteiger partial charge in [-0.1, -0.05) is 0 Å². The van der Waals surface area contributed by atoms with Gasteiger partial charge in [-0.05, 0) is 13.0 Å². The number of nitrogens with one attached hydrogen (secondary N) is 1. The molecule has 0 fully saturated rings. The number of carboxylic acid groups (broad SMARTS) is 1. The topological polar surface area (TPSA) is 76.9 Å². The SMILES string of the molecule is Cc1[nH]c(C(=O)O)cc1C#N. The van der Waals surface area contributed by atoms with Crippen molar-refractivity contribution in [3.8, 4) is 6.07 Å². The summed E-state index contributed by atoms with van der Waals surface area (Å²) < 4.78 is 0. The van der Waals surface area contributed by atoms with E-state index < -0.39 is 5.97 Å². The Balaban J connectivity index is 3.18. The Morgan fingerprint density at radius 3 is 2.73 bits per heavy atom. The Hall–Kier alpha value is -1.76. The molecular formula is C7H6N2O2. The van der Waals surface area contributed by atoms with E-state index in [1.54, 1.807) is 6.92 Å². The van der Waals surface area contributed by atoms with E-state index in [0.717, 1.165) is 0 Å². The summed E-state index contributed by atoms with van der Waals surface area (Å²) >= 11 is 0. The van der Waals surface area contributed by atoms with Crippen LogP contribution in [-0.2, 0) is 0 Å². The number of rotatable bonds is 1. The lowest BCUT2D eigenvalue weighted by molar-refractivity contribution is 0.0691. The standard InChI is InChI=1S/C7H6N2O2/c1-4-5(3-8)2-6(9-4)7(10)11/h2,9H,1H3,(H,10,11). The second kappa shape index (κ2) is 2.46. The molecule has 1 aromatic heterocycles. The van der Waals surface area contributed by atoms with Gasteiger partial charge in [0.2, 0.25) is 0 Å².